The van der Waals surface area contributed by atoms with E-state index in [9.17, 15) is 0 Å². The minimum atomic E-state index is 0.0330. The summed E-state index contributed by atoms with van der Waals surface area (Å²) in [6.45, 7) is 14.0. The SMILES string of the molecule is CC(C)(C)c1ccc2c(c1)c1cc(C(C)(C)C)ccc1n2-c1ccc2c(c1)Sc1cc(-c3ccc4sc5ccc6sc7ccccc7c6c5c4c3)cc3c1B2c1ccc(-n2c4ccccc4c4ccccc42)cc1S3. The number of aromatic nitrogens is 2. The monoisotopic (exact) mass is 1030 g/mol. The van der Waals surface area contributed by atoms with Crippen LogP contribution in [0.5, 0.6) is 0 Å². The van der Waals surface area contributed by atoms with E-state index in [-0.39, 0.29) is 17.5 Å². The Morgan fingerprint density at radius 1 is 0.347 bits per heavy atom. The molecule has 2 nitrogen and oxygen atoms in total. The normalized spacial score (nSPS) is 13.6. The molecule has 358 valence electrons. The van der Waals surface area contributed by atoms with Crippen molar-refractivity contribution in [1.82, 2.24) is 9.13 Å². The van der Waals surface area contributed by atoms with Gasteiger partial charge in [0.1, 0.15) is 0 Å². The zero-order chi connectivity index (χ0) is 50.2. The van der Waals surface area contributed by atoms with Gasteiger partial charge in [-0.2, -0.15) is 0 Å². The molecule has 0 bridgehead atoms. The van der Waals surface area contributed by atoms with E-state index in [1.165, 1.54) is 154 Å². The number of hydrogen-bond acceptors (Lipinski definition) is 4. The molecular formula is C68H49BN2S4. The summed E-state index contributed by atoms with van der Waals surface area (Å²) in [6, 6.07) is 72.6. The van der Waals surface area contributed by atoms with E-state index in [1.54, 1.807) is 0 Å². The van der Waals surface area contributed by atoms with Gasteiger partial charge >= 0.3 is 0 Å². The van der Waals surface area contributed by atoms with Gasteiger partial charge in [0, 0.05) is 92.8 Å². The minimum Gasteiger partial charge on any atom is -0.309 e. The second kappa shape index (κ2) is 15.8. The second-order valence-electron chi connectivity index (χ2n) is 22.9. The van der Waals surface area contributed by atoms with Crippen LogP contribution in [0.1, 0.15) is 52.7 Å². The van der Waals surface area contributed by atoms with Crippen LogP contribution in [-0.2, 0) is 10.8 Å². The van der Waals surface area contributed by atoms with Gasteiger partial charge in [0.15, 0.2) is 0 Å². The maximum absolute atomic E-state index is 2.53. The third-order valence-corrected chi connectivity index (χ3v) is 20.9. The summed E-state index contributed by atoms with van der Waals surface area (Å²) >= 11 is 7.73. The largest absolute Gasteiger partial charge is 0.309 e. The minimum absolute atomic E-state index is 0.0330. The van der Waals surface area contributed by atoms with Crippen LogP contribution in [0.15, 0.2) is 208 Å². The van der Waals surface area contributed by atoms with Crippen molar-refractivity contribution >= 4 is 153 Å². The van der Waals surface area contributed by atoms with Crippen LogP contribution in [0.3, 0.4) is 0 Å². The molecular weight excluding hydrogens is 984 g/mol. The van der Waals surface area contributed by atoms with Gasteiger partial charge in [0.05, 0.1) is 22.1 Å². The van der Waals surface area contributed by atoms with Crippen LogP contribution in [0, 0.1) is 0 Å². The molecule has 0 N–H and O–H groups in total. The molecule has 2 aliphatic heterocycles. The lowest BCUT2D eigenvalue weighted by molar-refractivity contribution is 0.590. The van der Waals surface area contributed by atoms with Gasteiger partial charge in [-0.05, 0) is 142 Å². The van der Waals surface area contributed by atoms with E-state index < -0.39 is 0 Å². The first-order valence-electron chi connectivity index (χ1n) is 26.1. The highest BCUT2D eigenvalue weighted by atomic mass is 32.2. The Morgan fingerprint density at radius 3 is 1.36 bits per heavy atom. The van der Waals surface area contributed by atoms with Crippen LogP contribution in [0.4, 0.5) is 0 Å². The lowest BCUT2D eigenvalue weighted by atomic mass is 9.36. The molecule has 4 aromatic heterocycles. The Bertz CT molecular complexity index is 4690. The summed E-state index contributed by atoms with van der Waals surface area (Å²) in [7, 11) is 0. The van der Waals surface area contributed by atoms with Gasteiger partial charge in [-0.25, -0.2) is 0 Å². The standard InChI is InChI=1S/C68H49BN2S4/c1-67(2,3)40-20-26-54-47(34-40)48-35-41(68(4,5)6)21-27-55(48)71(54)43-23-25-51-61(37-43)75-63-33-39(38-19-28-57-49(31-38)65-59(73-57)30-29-58-64(65)46-15-9-12-18-56(46)72-58)32-62-66(63)69(51)50-24-22-42(36-60(50)74-62)70-52-16-10-7-13-44(52)45-14-8-11-17-53(45)70/h7-37H,1-6H3. The number of para-hydroxylation sites is 2. The molecule has 2 aliphatic rings. The van der Waals surface area contributed by atoms with Crippen LogP contribution >= 0.6 is 46.2 Å². The molecule has 16 rings (SSSR count). The van der Waals surface area contributed by atoms with E-state index in [2.05, 4.69) is 239 Å². The molecule has 75 heavy (non-hydrogen) atoms. The number of hydrogen-bond donors (Lipinski definition) is 0. The van der Waals surface area contributed by atoms with Crippen molar-refractivity contribution in [1.29, 1.82) is 0 Å². The van der Waals surface area contributed by atoms with Gasteiger partial charge < -0.3 is 9.13 Å². The fourth-order valence-electron chi connectivity index (χ4n) is 12.6. The number of benzene rings is 10. The Morgan fingerprint density at radius 2 is 0.813 bits per heavy atom. The molecule has 7 heteroatoms. The van der Waals surface area contributed by atoms with Crippen molar-refractivity contribution in [3.8, 4) is 22.5 Å². The first kappa shape index (κ1) is 44.3. The number of rotatable bonds is 3. The summed E-state index contributed by atoms with van der Waals surface area (Å²) in [5.41, 5.74) is 16.8. The Hall–Kier alpha value is -7.00. The van der Waals surface area contributed by atoms with Gasteiger partial charge in [-0.15, -0.1) is 22.7 Å². The molecule has 6 heterocycles. The molecule has 0 unspecified atom stereocenters. The first-order valence-corrected chi connectivity index (χ1v) is 29.3. The van der Waals surface area contributed by atoms with Crippen molar-refractivity contribution in [2.75, 3.05) is 0 Å². The molecule has 0 radical (unpaired) electrons. The predicted molar refractivity (Wildman–Crippen MR) is 330 cm³/mol. The van der Waals surface area contributed by atoms with Gasteiger partial charge in [-0.1, -0.05) is 161 Å². The Labute approximate surface area is 452 Å². The van der Waals surface area contributed by atoms with Gasteiger partial charge in [0.2, 0.25) is 6.71 Å². The molecule has 0 saturated carbocycles. The van der Waals surface area contributed by atoms with Crippen LogP contribution in [-0.4, -0.2) is 15.8 Å². The van der Waals surface area contributed by atoms with E-state index in [0.29, 0.717) is 0 Å². The van der Waals surface area contributed by atoms with Gasteiger partial charge in [-0.3, -0.25) is 0 Å². The Balaban J connectivity index is 0.907. The van der Waals surface area contributed by atoms with E-state index >= 15 is 0 Å². The molecule has 14 aromatic rings. The number of thiophene rings is 2. The Kier molecular flexibility index (Phi) is 9.32. The quantitative estimate of drug-likeness (QED) is 0.163. The molecule has 0 atom stereocenters. The second-order valence-corrected chi connectivity index (χ2v) is 27.2. The lowest BCUT2D eigenvalue weighted by Gasteiger charge is -2.34. The van der Waals surface area contributed by atoms with Crippen LogP contribution in [0.2, 0.25) is 0 Å². The number of nitrogens with zero attached hydrogens (tertiary/aromatic N) is 2. The first-order chi connectivity index (χ1) is 36.4. The number of fused-ring (bicyclic) bond motifs is 17. The lowest BCUT2D eigenvalue weighted by Crippen LogP contribution is -2.58. The van der Waals surface area contributed by atoms with E-state index in [1.807, 2.05) is 46.2 Å². The van der Waals surface area contributed by atoms with Crippen LogP contribution < -0.4 is 16.4 Å². The predicted octanol–water partition coefficient (Wildman–Crippen LogP) is 18.3. The molecule has 10 aromatic carbocycles. The highest BCUT2D eigenvalue weighted by molar-refractivity contribution is 8.01. The fraction of sp³-hybridized carbons (Fsp3) is 0.118. The van der Waals surface area contributed by atoms with Crippen molar-refractivity contribution in [2.45, 2.75) is 72.0 Å². The highest BCUT2D eigenvalue weighted by Crippen LogP contribution is 2.48. The zero-order valence-corrected chi connectivity index (χ0v) is 45.8. The smallest absolute Gasteiger partial charge is 0.247 e. The topological polar surface area (TPSA) is 9.86 Å². The summed E-state index contributed by atoms with van der Waals surface area (Å²) < 4.78 is 10.4. The molecule has 0 amide bonds. The average molecular weight is 1030 g/mol. The van der Waals surface area contributed by atoms with E-state index in [4.69, 9.17) is 0 Å². The highest BCUT2D eigenvalue weighted by Gasteiger charge is 2.39. The van der Waals surface area contributed by atoms with Crippen LogP contribution in [0.25, 0.3) is 106 Å². The maximum atomic E-state index is 2.53. The maximum Gasteiger partial charge on any atom is 0.247 e. The zero-order valence-electron chi connectivity index (χ0n) is 42.5. The van der Waals surface area contributed by atoms with E-state index in [0.717, 1.165) is 0 Å². The molecule has 0 aliphatic carbocycles. The summed E-state index contributed by atoms with van der Waals surface area (Å²) in [5, 5.41) is 10.7. The molecule has 0 spiro atoms. The summed E-state index contributed by atoms with van der Waals surface area (Å²) in [6.07, 6.45) is 0. The van der Waals surface area contributed by atoms with Crippen molar-refractivity contribution in [2.24, 2.45) is 0 Å². The summed E-state index contributed by atoms with van der Waals surface area (Å²) in [4.78, 5) is 5.32. The van der Waals surface area contributed by atoms with Crippen molar-refractivity contribution in [3.05, 3.63) is 199 Å². The van der Waals surface area contributed by atoms with Crippen molar-refractivity contribution in [3.63, 3.8) is 0 Å². The third-order valence-electron chi connectivity index (χ3n) is 16.3. The molecule has 0 fully saturated rings. The molecule has 0 saturated heterocycles. The summed E-state index contributed by atoms with van der Waals surface area (Å²) in [5.74, 6) is 0. The average Bonchev–Trinajstić information content (AvgIpc) is 4.21. The third kappa shape index (κ3) is 6.54. The van der Waals surface area contributed by atoms with Crippen molar-refractivity contribution < 1.29 is 0 Å². The van der Waals surface area contributed by atoms with Gasteiger partial charge in [0.25, 0.3) is 0 Å². The fourth-order valence-corrected chi connectivity index (χ4v) is 17.4.